The zero-order chi connectivity index (χ0) is 16.2. The first kappa shape index (κ1) is 15.3. The first-order valence-corrected chi connectivity index (χ1v) is 7.25. The van der Waals surface area contributed by atoms with Crippen LogP contribution < -0.4 is 5.32 Å². The van der Waals surface area contributed by atoms with Gasteiger partial charge in [-0.25, -0.2) is 0 Å². The number of nitrogens with zero attached hydrogens (tertiary/aromatic N) is 2. The van der Waals surface area contributed by atoms with Crippen LogP contribution in [-0.2, 0) is 20.9 Å². The lowest BCUT2D eigenvalue weighted by Crippen LogP contribution is -2.55. The van der Waals surface area contributed by atoms with Crippen molar-refractivity contribution in [3.05, 3.63) is 30.2 Å². The van der Waals surface area contributed by atoms with Crippen LogP contribution in [0.4, 0.5) is 0 Å². The highest BCUT2D eigenvalue weighted by Gasteiger charge is 2.32. The summed E-state index contributed by atoms with van der Waals surface area (Å²) >= 11 is 0. The number of aromatic nitrogens is 1. The highest BCUT2D eigenvalue weighted by atomic mass is 16.5. The molecular formula is C15H17N3O5. The summed E-state index contributed by atoms with van der Waals surface area (Å²) in [4.78, 5) is 25.4. The zero-order valence-corrected chi connectivity index (χ0v) is 12.7. The summed E-state index contributed by atoms with van der Waals surface area (Å²) in [6.07, 6.45) is 1.56. The molecule has 1 aliphatic rings. The van der Waals surface area contributed by atoms with Gasteiger partial charge in [-0.3, -0.25) is 14.5 Å². The Morgan fingerprint density at radius 2 is 2.39 bits per heavy atom. The van der Waals surface area contributed by atoms with Gasteiger partial charge in [0.15, 0.2) is 5.76 Å². The van der Waals surface area contributed by atoms with Crippen molar-refractivity contribution < 1.29 is 23.3 Å². The van der Waals surface area contributed by atoms with Crippen molar-refractivity contribution in [1.82, 2.24) is 15.4 Å². The first-order chi connectivity index (χ1) is 11.2. The van der Waals surface area contributed by atoms with Crippen LogP contribution in [0.5, 0.6) is 0 Å². The Bertz CT molecular complexity index is 679. The summed E-state index contributed by atoms with van der Waals surface area (Å²) in [6, 6.07) is 4.73. The van der Waals surface area contributed by atoms with E-state index in [-0.39, 0.29) is 12.3 Å². The molecule has 2 aromatic rings. The molecule has 1 saturated heterocycles. The van der Waals surface area contributed by atoms with Crippen LogP contribution >= 0.6 is 0 Å². The van der Waals surface area contributed by atoms with Crippen molar-refractivity contribution in [1.29, 1.82) is 0 Å². The number of ether oxygens (including phenoxy) is 1. The molecule has 8 heteroatoms. The summed E-state index contributed by atoms with van der Waals surface area (Å²) < 4.78 is 15.2. The number of rotatable bonds is 5. The molecular weight excluding hydrogens is 302 g/mol. The molecule has 2 aromatic heterocycles. The Labute approximate surface area is 132 Å². The van der Waals surface area contributed by atoms with Gasteiger partial charge in [0.25, 0.3) is 0 Å². The van der Waals surface area contributed by atoms with Gasteiger partial charge in [0.2, 0.25) is 11.7 Å². The van der Waals surface area contributed by atoms with Crippen LogP contribution in [0, 0.1) is 0 Å². The third-order valence-corrected chi connectivity index (χ3v) is 3.72. The lowest BCUT2D eigenvalue weighted by Gasteiger charge is -2.33. The third kappa shape index (κ3) is 3.42. The number of furan rings is 1. The molecule has 3 rings (SSSR count). The molecule has 3 heterocycles. The van der Waals surface area contributed by atoms with Gasteiger partial charge in [-0.05, 0) is 12.1 Å². The molecule has 0 radical (unpaired) electrons. The standard InChI is InChI=1S/C15H17N3O5/c1-21-14(19)8-11-15(20)16-4-5-18(11)9-10-7-13(23-17-10)12-3-2-6-22-12/h2-3,6-7,11H,4-5,8-9H2,1H3,(H,16,20)/t11-/m0/s1. The molecule has 1 amide bonds. The summed E-state index contributed by atoms with van der Waals surface area (Å²) in [7, 11) is 1.31. The van der Waals surface area contributed by atoms with E-state index in [0.29, 0.717) is 36.8 Å². The van der Waals surface area contributed by atoms with Gasteiger partial charge in [0, 0.05) is 25.7 Å². The summed E-state index contributed by atoms with van der Waals surface area (Å²) in [5.74, 6) is 0.507. The van der Waals surface area contributed by atoms with Crippen molar-refractivity contribution in [3.8, 4) is 11.5 Å². The number of hydrogen-bond donors (Lipinski definition) is 1. The van der Waals surface area contributed by atoms with Gasteiger partial charge in [0.05, 0.1) is 25.5 Å². The number of hydrogen-bond acceptors (Lipinski definition) is 7. The fraction of sp³-hybridized carbons (Fsp3) is 0.400. The average Bonchev–Trinajstić information content (AvgIpc) is 3.21. The highest BCUT2D eigenvalue weighted by Crippen LogP contribution is 2.22. The Balaban J connectivity index is 1.72. The lowest BCUT2D eigenvalue weighted by atomic mass is 10.1. The largest absolute Gasteiger partial charge is 0.469 e. The van der Waals surface area contributed by atoms with E-state index in [1.54, 1.807) is 24.5 Å². The molecule has 1 atom stereocenters. The summed E-state index contributed by atoms with van der Waals surface area (Å²) in [5, 5.41) is 6.76. The van der Waals surface area contributed by atoms with E-state index in [1.807, 2.05) is 4.90 Å². The molecule has 8 nitrogen and oxygen atoms in total. The molecule has 0 aromatic carbocycles. The third-order valence-electron chi connectivity index (χ3n) is 3.72. The minimum Gasteiger partial charge on any atom is -0.469 e. The van der Waals surface area contributed by atoms with Crippen molar-refractivity contribution in [2.45, 2.75) is 19.0 Å². The molecule has 0 spiro atoms. The van der Waals surface area contributed by atoms with E-state index in [2.05, 4.69) is 15.2 Å². The number of carbonyl (C=O) groups excluding carboxylic acids is 2. The molecule has 1 N–H and O–H groups in total. The fourth-order valence-corrected chi connectivity index (χ4v) is 2.54. The summed E-state index contributed by atoms with van der Waals surface area (Å²) in [5.41, 5.74) is 0.668. The number of nitrogens with one attached hydrogen (secondary N) is 1. The predicted octanol–water partition coefficient (Wildman–Crippen LogP) is 0.798. The van der Waals surface area contributed by atoms with Crippen molar-refractivity contribution >= 4 is 11.9 Å². The molecule has 0 unspecified atom stereocenters. The number of carbonyl (C=O) groups is 2. The van der Waals surface area contributed by atoms with E-state index in [9.17, 15) is 9.59 Å². The topological polar surface area (TPSA) is 97.8 Å². The fourth-order valence-electron chi connectivity index (χ4n) is 2.54. The van der Waals surface area contributed by atoms with E-state index in [0.717, 1.165) is 0 Å². The molecule has 122 valence electrons. The van der Waals surface area contributed by atoms with Gasteiger partial charge in [0.1, 0.15) is 6.04 Å². The Morgan fingerprint density at radius 1 is 1.52 bits per heavy atom. The van der Waals surface area contributed by atoms with Crippen LogP contribution in [-0.4, -0.2) is 48.2 Å². The van der Waals surface area contributed by atoms with E-state index >= 15 is 0 Å². The maximum Gasteiger partial charge on any atom is 0.307 e. The van der Waals surface area contributed by atoms with Crippen molar-refractivity contribution in [3.63, 3.8) is 0 Å². The average molecular weight is 319 g/mol. The van der Waals surface area contributed by atoms with Crippen molar-refractivity contribution in [2.24, 2.45) is 0 Å². The molecule has 0 saturated carbocycles. The van der Waals surface area contributed by atoms with Crippen LogP contribution in [0.25, 0.3) is 11.5 Å². The molecule has 1 aliphatic heterocycles. The zero-order valence-electron chi connectivity index (χ0n) is 12.7. The van der Waals surface area contributed by atoms with Crippen molar-refractivity contribution in [2.75, 3.05) is 20.2 Å². The van der Waals surface area contributed by atoms with Gasteiger partial charge in [-0.1, -0.05) is 5.16 Å². The normalized spacial score (nSPS) is 18.7. The smallest absolute Gasteiger partial charge is 0.307 e. The van der Waals surface area contributed by atoms with Gasteiger partial charge in [-0.2, -0.15) is 0 Å². The van der Waals surface area contributed by atoms with E-state index in [1.165, 1.54) is 7.11 Å². The highest BCUT2D eigenvalue weighted by molar-refractivity contribution is 5.87. The minimum atomic E-state index is -0.569. The monoisotopic (exact) mass is 319 g/mol. The van der Waals surface area contributed by atoms with Gasteiger partial charge in [-0.15, -0.1) is 0 Å². The Morgan fingerprint density at radius 3 is 3.13 bits per heavy atom. The maximum atomic E-state index is 12.0. The van der Waals surface area contributed by atoms with Crippen LogP contribution in [0.2, 0.25) is 0 Å². The molecule has 1 fully saturated rings. The second-order valence-corrected chi connectivity index (χ2v) is 5.22. The van der Waals surface area contributed by atoms with Crippen LogP contribution in [0.15, 0.2) is 33.4 Å². The quantitative estimate of drug-likeness (QED) is 0.814. The number of piperazine rings is 1. The Kier molecular flexibility index (Phi) is 4.42. The summed E-state index contributed by atoms with van der Waals surface area (Å²) in [6.45, 7) is 1.55. The Hall–Kier alpha value is -2.61. The second kappa shape index (κ2) is 6.66. The SMILES string of the molecule is COC(=O)C[C@H]1C(=O)NCCN1Cc1cc(-c2ccco2)on1. The predicted molar refractivity (Wildman–Crippen MR) is 78.0 cm³/mol. The van der Waals surface area contributed by atoms with E-state index < -0.39 is 12.0 Å². The molecule has 0 bridgehead atoms. The number of methoxy groups -OCH3 is 1. The maximum absolute atomic E-state index is 12.0. The number of amides is 1. The van der Waals surface area contributed by atoms with Gasteiger partial charge >= 0.3 is 5.97 Å². The second-order valence-electron chi connectivity index (χ2n) is 5.22. The first-order valence-electron chi connectivity index (χ1n) is 7.25. The van der Waals surface area contributed by atoms with Gasteiger partial charge < -0.3 is 19.0 Å². The molecule has 0 aliphatic carbocycles. The minimum absolute atomic E-state index is 0.00518. The molecule has 23 heavy (non-hydrogen) atoms. The lowest BCUT2D eigenvalue weighted by molar-refractivity contribution is -0.146. The van der Waals surface area contributed by atoms with Crippen LogP contribution in [0.1, 0.15) is 12.1 Å². The van der Waals surface area contributed by atoms with E-state index in [4.69, 9.17) is 8.94 Å². The number of esters is 1. The van der Waals surface area contributed by atoms with Crippen LogP contribution in [0.3, 0.4) is 0 Å².